The van der Waals surface area contributed by atoms with E-state index in [2.05, 4.69) is 28.1 Å². The van der Waals surface area contributed by atoms with Gasteiger partial charge in [-0.3, -0.25) is 10.2 Å². The van der Waals surface area contributed by atoms with Crippen molar-refractivity contribution in [3.05, 3.63) is 82.3 Å². The van der Waals surface area contributed by atoms with Crippen LogP contribution in [0.5, 0.6) is 0 Å². The van der Waals surface area contributed by atoms with E-state index in [4.69, 9.17) is 16.9 Å². The van der Waals surface area contributed by atoms with E-state index in [-0.39, 0.29) is 17.1 Å². The predicted molar refractivity (Wildman–Crippen MR) is 136 cm³/mol. The highest BCUT2D eigenvalue weighted by Gasteiger charge is 2.24. The molecule has 1 fully saturated rings. The molecule has 6 nitrogen and oxygen atoms in total. The number of carbonyl (C=O) groups excluding carboxylic acids is 1. The highest BCUT2D eigenvalue weighted by molar-refractivity contribution is 6.14. The lowest BCUT2D eigenvalue weighted by Gasteiger charge is -2.26. The van der Waals surface area contributed by atoms with Crippen LogP contribution in [0.3, 0.4) is 0 Å². The maximum absolute atomic E-state index is 14.3. The van der Waals surface area contributed by atoms with Gasteiger partial charge in [0, 0.05) is 28.9 Å². The first-order chi connectivity index (χ1) is 16.9. The Morgan fingerprint density at radius 3 is 2.43 bits per heavy atom. The molecule has 7 heteroatoms. The molecule has 1 amide bonds. The van der Waals surface area contributed by atoms with E-state index in [1.807, 2.05) is 6.07 Å². The summed E-state index contributed by atoms with van der Waals surface area (Å²) >= 11 is 0. The number of likely N-dealkylation sites (tertiary alicyclic amines) is 1. The minimum atomic E-state index is -0.848. The van der Waals surface area contributed by atoms with Crippen molar-refractivity contribution in [3.63, 3.8) is 0 Å². The number of rotatable bonds is 5. The molecule has 0 saturated carbocycles. The number of carbonyl (C=O) groups is 1. The number of nitrogen functional groups attached to an aromatic ring is 1. The maximum atomic E-state index is 14.3. The molecule has 1 aliphatic heterocycles. The standard InChI is InChI=1S/C28H30FN5O/c29-25-15-20(7-10-23(25)28(32)35)26(30)24-14-21(16-33-27(24)31)19-4-3-17-5-8-22(9-6-18(17)13-19)34-11-1-2-12-34/h3-4,7,10,13-16,22,30H,1-2,5-6,8-9,11-12H2,(H2,31,33)(H2,32,35). The Bertz CT molecular complexity index is 1300. The second-order valence-corrected chi connectivity index (χ2v) is 9.55. The summed E-state index contributed by atoms with van der Waals surface area (Å²) < 4.78 is 14.3. The van der Waals surface area contributed by atoms with E-state index in [0.29, 0.717) is 17.2 Å². The molecule has 2 aliphatic rings. The quantitative estimate of drug-likeness (QED) is 0.380. The number of primary amides is 1. The van der Waals surface area contributed by atoms with E-state index in [0.717, 1.165) is 30.0 Å². The number of benzene rings is 2. The Kier molecular flexibility index (Phi) is 6.34. The van der Waals surface area contributed by atoms with Crippen LogP contribution in [0.15, 0.2) is 48.7 Å². The van der Waals surface area contributed by atoms with Gasteiger partial charge in [0.2, 0.25) is 0 Å². The fourth-order valence-corrected chi connectivity index (χ4v) is 5.40. The third kappa shape index (κ3) is 4.68. The summed E-state index contributed by atoms with van der Waals surface area (Å²) in [5, 5.41) is 8.62. The largest absolute Gasteiger partial charge is 0.383 e. The van der Waals surface area contributed by atoms with Crippen LogP contribution in [0.4, 0.5) is 10.2 Å². The summed E-state index contributed by atoms with van der Waals surface area (Å²) in [6.07, 6.45) is 8.89. The zero-order valence-electron chi connectivity index (χ0n) is 19.7. The third-order valence-electron chi connectivity index (χ3n) is 7.40. The van der Waals surface area contributed by atoms with Gasteiger partial charge >= 0.3 is 0 Å². The second-order valence-electron chi connectivity index (χ2n) is 9.55. The molecule has 5 rings (SSSR count). The van der Waals surface area contributed by atoms with Gasteiger partial charge in [0.1, 0.15) is 11.6 Å². The summed E-state index contributed by atoms with van der Waals surface area (Å²) in [7, 11) is 0. The molecule has 180 valence electrons. The van der Waals surface area contributed by atoms with Crippen LogP contribution in [0.2, 0.25) is 0 Å². The van der Waals surface area contributed by atoms with Crippen molar-refractivity contribution in [3.8, 4) is 11.1 Å². The molecule has 2 heterocycles. The summed E-state index contributed by atoms with van der Waals surface area (Å²) in [5.74, 6) is -1.42. The van der Waals surface area contributed by atoms with Crippen LogP contribution < -0.4 is 11.5 Å². The molecule has 1 saturated heterocycles. The van der Waals surface area contributed by atoms with Gasteiger partial charge < -0.3 is 16.4 Å². The van der Waals surface area contributed by atoms with Crippen molar-refractivity contribution in [2.45, 2.75) is 44.6 Å². The molecule has 1 unspecified atom stereocenters. The fraction of sp³-hybridized carbons (Fsp3) is 0.321. The van der Waals surface area contributed by atoms with Gasteiger partial charge in [-0.2, -0.15) is 0 Å². The SMILES string of the molecule is N=C(c1ccc(C(N)=O)c(F)c1)c1cc(-c2ccc3c(c2)CCC(N2CCCC2)CC3)cnc1N. The highest BCUT2D eigenvalue weighted by atomic mass is 19.1. The number of anilines is 1. The van der Waals surface area contributed by atoms with Crippen LogP contribution in [-0.4, -0.2) is 40.6 Å². The van der Waals surface area contributed by atoms with Gasteiger partial charge in [-0.1, -0.05) is 24.3 Å². The predicted octanol–water partition coefficient (Wildman–Crippen LogP) is 4.33. The van der Waals surface area contributed by atoms with E-state index >= 15 is 0 Å². The van der Waals surface area contributed by atoms with E-state index < -0.39 is 11.7 Å². The van der Waals surface area contributed by atoms with Crippen LogP contribution in [-0.2, 0) is 12.8 Å². The molecular weight excluding hydrogens is 441 g/mol. The lowest BCUT2D eigenvalue weighted by atomic mass is 9.95. The average molecular weight is 472 g/mol. The molecule has 3 aromatic rings. The molecule has 0 spiro atoms. The van der Waals surface area contributed by atoms with Crippen molar-refractivity contribution in [1.82, 2.24) is 9.88 Å². The van der Waals surface area contributed by atoms with Gasteiger partial charge in [0.05, 0.1) is 11.3 Å². The summed E-state index contributed by atoms with van der Waals surface area (Å²) in [5.41, 5.74) is 16.5. The molecule has 1 atom stereocenters. The number of amides is 1. The van der Waals surface area contributed by atoms with E-state index in [1.54, 1.807) is 6.20 Å². The highest BCUT2D eigenvalue weighted by Crippen LogP contribution is 2.31. The van der Waals surface area contributed by atoms with Gasteiger partial charge in [-0.15, -0.1) is 0 Å². The molecular formula is C28H30FN5O. The molecule has 5 N–H and O–H groups in total. The van der Waals surface area contributed by atoms with Crippen LogP contribution >= 0.6 is 0 Å². The molecule has 0 bridgehead atoms. The average Bonchev–Trinajstić information content (AvgIpc) is 3.30. The van der Waals surface area contributed by atoms with Gasteiger partial charge in [-0.05, 0) is 86.5 Å². The maximum Gasteiger partial charge on any atom is 0.251 e. The van der Waals surface area contributed by atoms with Crippen LogP contribution in [0.25, 0.3) is 11.1 Å². The first kappa shape index (κ1) is 23.2. The smallest absolute Gasteiger partial charge is 0.251 e. The number of aryl methyl sites for hydroxylation is 2. The topological polar surface area (TPSA) is 109 Å². The van der Waals surface area contributed by atoms with Crippen molar-refractivity contribution in [2.24, 2.45) is 5.73 Å². The third-order valence-corrected chi connectivity index (χ3v) is 7.40. The lowest BCUT2D eigenvalue weighted by Crippen LogP contribution is -2.32. The number of fused-ring (bicyclic) bond motifs is 1. The summed E-state index contributed by atoms with van der Waals surface area (Å²) in [4.78, 5) is 18.3. The molecule has 0 radical (unpaired) electrons. The van der Waals surface area contributed by atoms with E-state index in [9.17, 15) is 9.18 Å². The lowest BCUT2D eigenvalue weighted by molar-refractivity contribution is 0.0996. The number of pyridine rings is 1. The number of hydrogen-bond donors (Lipinski definition) is 3. The van der Waals surface area contributed by atoms with Gasteiger partial charge in [0.25, 0.3) is 5.91 Å². The van der Waals surface area contributed by atoms with Crippen molar-refractivity contribution >= 4 is 17.4 Å². The Hall–Kier alpha value is -3.58. The van der Waals surface area contributed by atoms with E-state index in [1.165, 1.54) is 62.0 Å². The van der Waals surface area contributed by atoms with Crippen molar-refractivity contribution < 1.29 is 9.18 Å². The normalized spacial score (nSPS) is 18.1. The number of nitrogens with two attached hydrogens (primary N) is 2. The van der Waals surface area contributed by atoms with Crippen molar-refractivity contribution in [1.29, 1.82) is 5.41 Å². The fourth-order valence-electron chi connectivity index (χ4n) is 5.40. The number of nitrogens with one attached hydrogen (secondary N) is 1. The Labute approximate surface area is 204 Å². The number of halogens is 1. The van der Waals surface area contributed by atoms with Crippen LogP contribution in [0.1, 0.15) is 58.3 Å². The van der Waals surface area contributed by atoms with Crippen molar-refractivity contribution in [2.75, 3.05) is 18.8 Å². The Balaban J connectivity index is 1.41. The molecule has 1 aliphatic carbocycles. The number of nitrogens with zero attached hydrogens (tertiary/aromatic N) is 2. The monoisotopic (exact) mass is 471 g/mol. The number of aromatic nitrogens is 1. The van der Waals surface area contributed by atoms with Gasteiger partial charge in [0.15, 0.2) is 0 Å². The zero-order chi connectivity index (χ0) is 24.5. The summed E-state index contributed by atoms with van der Waals surface area (Å²) in [6.45, 7) is 2.46. The Morgan fingerprint density at radius 1 is 0.971 bits per heavy atom. The first-order valence-electron chi connectivity index (χ1n) is 12.2. The summed E-state index contributed by atoms with van der Waals surface area (Å²) in [6, 6.07) is 13.0. The minimum Gasteiger partial charge on any atom is -0.383 e. The molecule has 1 aromatic heterocycles. The molecule has 35 heavy (non-hydrogen) atoms. The molecule has 2 aromatic carbocycles. The minimum absolute atomic E-state index is 0.0370. The van der Waals surface area contributed by atoms with Crippen LogP contribution in [0, 0.1) is 11.2 Å². The number of hydrogen-bond acceptors (Lipinski definition) is 5. The second kappa shape index (κ2) is 9.58. The zero-order valence-corrected chi connectivity index (χ0v) is 19.7. The van der Waals surface area contributed by atoms with Gasteiger partial charge in [-0.25, -0.2) is 9.37 Å². The Morgan fingerprint density at radius 2 is 1.71 bits per heavy atom. The first-order valence-corrected chi connectivity index (χ1v) is 12.2.